The zero-order chi connectivity index (χ0) is 24.4. The summed E-state index contributed by atoms with van der Waals surface area (Å²) in [5.41, 5.74) is 1.17. The van der Waals surface area contributed by atoms with Crippen LogP contribution in [0.15, 0.2) is 59.5 Å². The lowest BCUT2D eigenvalue weighted by Crippen LogP contribution is -2.51. The Balaban J connectivity index is 1.52. The number of carbonyl (C=O) groups is 2. The molecule has 0 aliphatic carbocycles. The first-order valence-electron chi connectivity index (χ1n) is 11.3. The van der Waals surface area contributed by atoms with Crippen molar-refractivity contribution in [2.75, 3.05) is 53.0 Å². The average Bonchev–Trinajstić information content (AvgIpc) is 2.86. The Morgan fingerprint density at radius 2 is 1.74 bits per heavy atom. The SMILES string of the molecule is COCCCNC(=O)CN1CCN(C(=O)c2cccc(S(=O)(=O)NCc3ccccc3)c2)CC1. The van der Waals surface area contributed by atoms with Crippen molar-refractivity contribution in [1.29, 1.82) is 0 Å². The Labute approximate surface area is 201 Å². The molecule has 0 atom stereocenters. The maximum Gasteiger partial charge on any atom is 0.253 e. The van der Waals surface area contributed by atoms with Gasteiger partial charge in [0.2, 0.25) is 15.9 Å². The number of piperazine rings is 1. The van der Waals surface area contributed by atoms with Gasteiger partial charge in [0.15, 0.2) is 0 Å². The van der Waals surface area contributed by atoms with Crippen LogP contribution in [0.4, 0.5) is 0 Å². The number of hydrogen-bond acceptors (Lipinski definition) is 6. The van der Waals surface area contributed by atoms with Gasteiger partial charge in [-0.2, -0.15) is 0 Å². The molecule has 184 valence electrons. The van der Waals surface area contributed by atoms with E-state index in [-0.39, 0.29) is 29.8 Å². The monoisotopic (exact) mass is 488 g/mol. The van der Waals surface area contributed by atoms with Gasteiger partial charge in [-0.3, -0.25) is 14.5 Å². The highest BCUT2D eigenvalue weighted by atomic mass is 32.2. The van der Waals surface area contributed by atoms with Crippen LogP contribution in [0, 0.1) is 0 Å². The number of carbonyl (C=O) groups excluding carboxylic acids is 2. The standard InChI is InChI=1S/C24H32N4O5S/c1-33-16-6-11-25-23(29)19-27-12-14-28(15-13-27)24(30)21-9-5-10-22(17-21)34(31,32)26-18-20-7-3-2-4-8-20/h2-5,7-10,17,26H,6,11-16,18-19H2,1H3,(H,25,29). The number of hydrogen-bond donors (Lipinski definition) is 2. The van der Waals surface area contributed by atoms with E-state index in [1.807, 2.05) is 35.2 Å². The lowest BCUT2D eigenvalue weighted by Gasteiger charge is -2.34. The summed E-state index contributed by atoms with van der Waals surface area (Å²) in [5, 5.41) is 2.86. The zero-order valence-corrected chi connectivity index (χ0v) is 20.2. The van der Waals surface area contributed by atoms with Crippen LogP contribution in [0.5, 0.6) is 0 Å². The van der Waals surface area contributed by atoms with Crippen LogP contribution >= 0.6 is 0 Å². The summed E-state index contributed by atoms with van der Waals surface area (Å²) in [6, 6.07) is 15.3. The molecule has 1 heterocycles. The maximum absolute atomic E-state index is 13.0. The third-order valence-electron chi connectivity index (χ3n) is 5.57. The van der Waals surface area contributed by atoms with Crippen molar-refractivity contribution < 1.29 is 22.7 Å². The number of sulfonamides is 1. The van der Waals surface area contributed by atoms with Crippen LogP contribution in [0.25, 0.3) is 0 Å². The zero-order valence-electron chi connectivity index (χ0n) is 19.4. The first kappa shape index (κ1) is 25.8. The summed E-state index contributed by atoms with van der Waals surface area (Å²) in [6.45, 7) is 3.73. The summed E-state index contributed by atoms with van der Waals surface area (Å²) in [4.78, 5) is 28.8. The summed E-state index contributed by atoms with van der Waals surface area (Å²) < 4.78 is 33.0. The number of ether oxygens (including phenoxy) is 1. The van der Waals surface area contributed by atoms with Crippen molar-refractivity contribution in [1.82, 2.24) is 19.8 Å². The van der Waals surface area contributed by atoms with Gasteiger partial charge in [0.05, 0.1) is 11.4 Å². The average molecular weight is 489 g/mol. The second-order valence-electron chi connectivity index (χ2n) is 8.10. The van der Waals surface area contributed by atoms with Gasteiger partial charge in [0, 0.05) is 58.5 Å². The lowest BCUT2D eigenvalue weighted by atomic mass is 10.2. The molecule has 2 aromatic rings. The van der Waals surface area contributed by atoms with E-state index in [2.05, 4.69) is 10.0 Å². The van der Waals surface area contributed by atoms with Gasteiger partial charge in [-0.15, -0.1) is 0 Å². The summed E-state index contributed by atoms with van der Waals surface area (Å²) in [6.07, 6.45) is 0.765. The highest BCUT2D eigenvalue weighted by molar-refractivity contribution is 7.89. The fourth-order valence-corrected chi connectivity index (χ4v) is 4.71. The molecule has 1 fully saturated rings. The van der Waals surface area contributed by atoms with Crippen LogP contribution < -0.4 is 10.0 Å². The molecule has 9 nitrogen and oxygen atoms in total. The first-order chi connectivity index (χ1) is 16.4. The number of nitrogens with zero attached hydrogens (tertiary/aromatic N) is 2. The van der Waals surface area contributed by atoms with Crippen molar-refractivity contribution in [3.05, 3.63) is 65.7 Å². The predicted octanol–water partition coefficient (Wildman–Crippen LogP) is 1.08. The minimum Gasteiger partial charge on any atom is -0.385 e. The molecule has 2 aromatic carbocycles. The summed E-state index contributed by atoms with van der Waals surface area (Å²) in [7, 11) is -2.13. The largest absolute Gasteiger partial charge is 0.385 e. The van der Waals surface area contributed by atoms with E-state index in [0.717, 1.165) is 12.0 Å². The molecule has 0 spiro atoms. The van der Waals surface area contributed by atoms with Gasteiger partial charge in [0.25, 0.3) is 5.91 Å². The minimum absolute atomic E-state index is 0.0446. The summed E-state index contributed by atoms with van der Waals surface area (Å²) >= 11 is 0. The van der Waals surface area contributed by atoms with Crippen molar-refractivity contribution in [3.63, 3.8) is 0 Å². The molecule has 1 saturated heterocycles. The Bertz CT molecular complexity index is 1050. The molecule has 10 heteroatoms. The molecule has 0 saturated carbocycles. The number of amides is 2. The topological polar surface area (TPSA) is 108 Å². The number of rotatable bonds is 11. The highest BCUT2D eigenvalue weighted by Gasteiger charge is 2.24. The Kier molecular flexibility index (Phi) is 9.58. The number of nitrogens with one attached hydrogen (secondary N) is 2. The molecule has 0 bridgehead atoms. The van der Waals surface area contributed by atoms with E-state index in [4.69, 9.17) is 4.74 Å². The van der Waals surface area contributed by atoms with Crippen LogP contribution in [-0.2, 0) is 26.1 Å². The molecule has 1 aliphatic heterocycles. The van der Waals surface area contributed by atoms with Crippen molar-refractivity contribution in [3.8, 4) is 0 Å². The van der Waals surface area contributed by atoms with E-state index in [9.17, 15) is 18.0 Å². The Hall–Kier alpha value is -2.79. The fourth-order valence-electron chi connectivity index (χ4n) is 3.65. The Morgan fingerprint density at radius 1 is 1.00 bits per heavy atom. The van der Waals surface area contributed by atoms with E-state index >= 15 is 0 Å². The highest BCUT2D eigenvalue weighted by Crippen LogP contribution is 2.15. The molecular formula is C24H32N4O5S. The minimum atomic E-state index is -3.76. The second-order valence-corrected chi connectivity index (χ2v) is 9.87. The van der Waals surface area contributed by atoms with E-state index in [0.29, 0.717) is 44.9 Å². The predicted molar refractivity (Wildman–Crippen MR) is 129 cm³/mol. The van der Waals surface area contributed by atoms with Crippen molar-refractivity contribution in [2.24, 2.45) is 0 Å². The third kappa shape index (κ3) is 7.63. The number of benzene rings is 2. The summed E-state index contributed by atoms with van der Waals surface area (Å²) in [5.74, 6) is -0.263. The molecule has 34 heavy (non-hydrogen) atoms. The van der Waals surface area contributed by atoms with Gasteiger partial charge in [-0.25, -0.2) is 13.1 Å². The normalized spacial score (nSPS) is 14.7. The smallest absolute Gasteiger partial charge is 0.253 e. The van der Waals surface area contributed by atoms with Crippen molar-refractivity contribution >= 4 is 21.8 Å². The quantitative estimate of drug-likeness (QED) is 0.458. The van der Waals surface area contributed by atoms with Crippen LogP contribution in [0.1, 0.15) is 22.3 Å². The van der Waals surface area contributed by atoms with Gasteiger partial charge >= 0.3 is 0 Å². The lowest BCUT2D eigenvalue weighted by molar-refractivity contribution is -0.122. The van der Waals surface area contributed by atoms with Gasteiger partial charge < -0.3 is 15.0 Å². The molecule has 0 unspecified atom stereocenters. The second kappa shape index (κ2) is 12.6. The fraction of sp³-hybridized carbons (Fsp3) is 0.417. The molecule has 2 amide bonds. The van der Waals surface area contributed by atoms with Gasteiger partial charge in [-0.05, 0) is 30.2 Å². The maximum atomic E-state index is 13.0. The molecule has 0 aromatic heterocycles. The van der Waals surface area contributed by atoms with Crippen LogP contribution in [-0.4, -0.2) is 83.0 Å². The van der Waals surface area contributed by atoms with E-state index < -0.39 is 10.0 Å². The third-order valence-corrected chi connectivity index (χ3v) is 6.97. The van der Waals surface area contributed by atoms with Crippen LogP contribution in [0.3, 0.4) is 0 Å². The molecule has 1 aliphatic rings. The van der Waals surface area contributed by atoms with Gasteiger partial charge in [0.1, 0.15) is 0 Å². The molecule has 0 radical (unpaired) electrons. The van der Waals surface area contributed by atoms with E-state index in [1.165, 1.54) is 12.1 Å². The first-order valence-corrected chi connectivity index (χ1v) is 12.8. The van der Waals surface area contributed by atoms with Gasteiger partial charge in [-0.1, -0.05) is 36.4 Å². The molecule has 2 N–H and O–H groups in total. The van der Waals surface area contributed by atoms with E-state index in [1.54, 1.807) is 24.1 Å². The molecular weight excluding hydrogens is 456 g/mol. The number of methoxy groups -OCH3 is 1. The molecule has 3 rings (SSSR count). The Morgan fingerprint density at radius 3 is 2.44 bits per heavy atom. The van der Waals surface area contributed by atoms with Crippen LogP contribution in [0.2, 0.25) is 0 Å². The van der Waals surface area contributed by atoms with Crippen molar-refractivity contribution in [2.45, 2.75) is 17.9 Å².